The van der Waals surface area contributed by atoms with Gasteiger partial charge in [0.05, 0.1) is 17.8 Å². The maximum Gasteiger partial charge on any atom is 0.0940 e. The fraction of sp³-hybridized carbons (Fsp3) is 0.714. The minimum atomic E-state index is -0.685. The SMILES string of the molecule is OC(CCN1CCCCC1)(c1ccccc1)[C@@H]1C[C@@H]2C[C@H]1[C@H]1OC21. The topological polar surface area (TPSA) is 36.0 Å². The summed E-state index contributed by atoms with van der Waals surface area (Å²) in [6.45, 7) is 3.43. The summed E-state index contributed by atoms with van der Waals surface area (Å²) < 4.78 is 5.87. The van der Waals surface area contributed by atoms with E-state index < -0.39 is 5.60 Å². The summed E-state index contributed by atoms with van der Waals surface area (Å²) in [4.78, 5) is 2.56. The Balaban J connectivity index is 1.38. The standard InChI is InChI=1S/C21H29NO2/c23-21(16-7-3-1-4-8-16,9-12-22-10-5-2-6-11-22)18-14-15-13-17(18)20-19(15)24-20/h1,3-4,7-8,15,17-20,23H,2,5-6,9-14H2/t15-,17+,18+,19?,20+,21?/m0/s1. The maximum atomic E-state index is 11.9. The van der Waals surface area contributed by atoms with E-state index in [0.29, 0.717) is 30.0 Å². The molecule has 2 aliphatic heterocycles. The van der Waals surface area contributed by atoms with Crippen molar-refractivity contribution in [2.24, 2.45) is 17.8 Å². The van der Waals surface area contributed by atoms with Crippen LogP contribution in [0, 0.1) is 17.8 Å². The molecule has 130 valence electrons. The second-order valence-corrected chi connectivity index (χ2v) is 8.51. The van der Waals surface area contributed by atoms with E-state index in [0.717, 1.165) is 24.9 Å². The summed E-state index contributed by atoms with van der Waals surface area (Å²) in [5.41, 5.74) is 0.437. The molecular weight excluding hydrogens is 298 g/mol. The van der Waals surface area contributed by atoms with E-state index in [9.17, 15) is 5.11 Å². The van der Waals surface area contributed by atoms with Crippen molar-refractivity contribution in [1.82, 2.24) is 4.90 Å². The molecule has 2 saturated carbocycles. The summed E-state index contributed by atoms with van der Waals surface area (Å²) in [5, 5.41) is 11.9. The van der Waals surface area contributed by atoms with E-state index in [1.165, 1.54) is 38.8 Å². The molecule has 6 atom stereocenters. The molecule has 5 rings (SSSR count). The Morgan fingerprint density at radius 1 is 1.04 bits per heavy atom. The number of benzene rings is 1. The maximum absolute atomic E-state index is 11.9. The first-order valence-electron chi connectivity index (χ1n) is 9.91. The first-order valence-corrected chi connectivity index (χ1v) is 9.91. The number of likely N-dealkylation sites (tertiary alicyclic amines) is 1. The van der Waals surface area contributed by atoms with Crippen LogP contribution in [0.3, 0.4) is 0 Å². The van der Waals surface area contributed by atoms with Gasteiger partial charge in [0.2, 0.25) is 0 Å². The number of hydrogen-bond donors (Lipinski definition) is 1. The molecule has 24 heavy (non-hydrogen) atoms. The summed E-state index contributed by atoms with van der Waals surface area (Å²) in [6, 6.07) is 10.5. The van der Waals surface area contributed by atoms with Crippen molar-refractivity contribution >= 4 is 0 Å². The van der Waals surface area contributed by atoms with Gasteiger partial charge in [-0.1, -0.05) is 36.8 Å². The van der Waals surface area contributed by atoms with Crippen LogP contribution in [0.5, 0.6) is 0 Å². The van der Waals surface area contributed by atoms with Gasteiger partial charge < -0.3 is 14.7 Å². The number of epoxide rings is 1. The molecule has 0 spiro atoms. The zero-order chi connectivity index (χ0) is 16.1. The van der Waals surface area contributed by atoms with Gasteiger partial charge in [0.1, 0.15) is 0 Å². The van der Waals surface area contributed by atoms with E-state index in [1.54, 1.807) is 0 Å². The number of ether oxygens (including phenoxy) is 1. The zero-order valence-corrected chi connectivity index (χ0v) is 14.4. The lowest BCUT2D eigenvalue weighted by Crippen LogP contribution is -2.43. The summed E-state index contributed by atoms with van der Waals surface area (Å²) in [6.07, 6.45) is 8.28. The van der Waals surface area contributed by atoms with Crippen molar-refractivity contribution in [2.75, 3.05) is 19.6 Å². The molecule has 0 amide bonds. The average Bonchev–Trinajstić information content (AvgIpc) is 3.24. The van der Waals surface area contributed by atoms with Gasteiger partial charge in [0, 0.05) is 6.54 Å². The number of piperidine rings is 1. The third-order valence-electron chi connectivity index (χ3n) is 7.24. The van der Waals surface area contributed by atoms with Gasteiger partial charge in [-0.15, -0.1) is 0 Å². The Hall–Kier alpha value is -0.900. The molecule has 2 heterocycles. The van der Waals surface area contributed by atoms with E-state index in [-0.39, 0.29) is 0 Å². The van der Waals surface area contributed by atoms with Crippen LogP contribution < -0.4 is 0 Å². The first kappa shape index (κ1) is 15.4. The van der Waals surface area contributed by atoms with Crippen LogP contribution in [-0.4, -0.2) is 41.8 Å². The predicted octanol–water partition coefficient (Wildman–Crippen LogP) is 3.17. The van der Waals surface area contributed by atoms with Crippen molar-refractivity contribution in [3.63, 3.8) is 0 Å². The zero-order valence-electron chi connectivity index (χ0n) is 14.4. The molecule has 2 saturated heterocycles. The van der Waals surface area contributed by atoms with Crippen molar-refractivity contribution in [3.05, 3.63) is 35.9 Å². The third kappa shape index (κ3) is 2.44. The van der Waals surface area contributed by atoms with Gasteiger partial charge in [-0.2, -0.15) is 0 Å². The Bertz CT molecular complexity index is 585. The van der Waals surface area contributed by atoms with Gasteiger partial charge in [-0.25, -0.2) is 0 Å². The van der Waals surface area contributed by atoms with E-state index in [1.807, 2.05) is 0 Å². The smallest absolute Gasteiger partial charge is 0.0940 e. The Morgan fingerprint density at radius 3 is 2.54 bits per heavy atom. The van der Waals surface area contributed by atoms with Crippen molar-refractivity contribution in [2.45, 2.75) is 56.3 Å². The highest BCUT2D eigenvalue weighted by molar-refractivity contribution is 5.27. The lowest BCUT2D eigenvalue weighted by atomic mass is 9.71. The van der Waals surface area contributed by atoms with E-state index in [2.05, 4.69) is 35.2 Å². The molecule has 2 bridgehead atoms. The second kappa shape index (κ2) is 5.82. The van der Waals surface area contributed by atoms with Crippen molar-refractivity contribution in [3.8, 4) is 0 Å². The van der Waals surface area contributed by atoms with Crippen LogP contribution in [0.4, 0.5) is 0 Å². The van der Waals surface area contributed by atoms with Crippen LogP contribution in [0.15, 0.2) is 30.3 Å². The van der Waals surface area contributed by atoms with E-state index >= 15 is 0 Å². The quantitative estimate of drug-likeness (QED) is 0.844. The molecule has 3 nitrogen and oxygen atoms in total. The van der Waals surface area contributed by atoms with Gasteiger partial charge in [-0.05, 0) is 68.5 Å². The lowest BCUT2D eigenvalue weighted by Gasteiger charge is -2.40. The van der Waals surface area contributed by atoms with Crippen LogP contribution in [-0.2, 0) is 10.3 Å². The van der Waals surface area contributed by atoms with Crippen LogP contribution in [0.2, 0.25) is 0 Å². The first-order chi connectivity index (χ1) is 11.8. The van der Waals surface area contributed by atoms with Crippen molar-refractivity contribution < 1.29 is 9.84 Å². The Morgan fingerprint density at radius 2 is 1.83 bits per heavy atom. The summed E-state index contributed by atoms with van der Waals surface area (Å²) >= 11 is 0. The molecule has 0 aromatic heterocycles. The fourth-order valence-electron chi connectivity index (χ4n) is 5.93. The molecule has 4 fully saturated rings. The number of hydrogen-bond acceptors (Lipinski definition) is 3. The molecule has 3 heteroatoms. The molecule has 0 radical (unpaired) electrons. The molecule has 1 N–H and O–H groups in total. The Labute approximate surface area is 145 Å². The monoisotopic (exact) mass is 327 g/mol. The molecule has 4 aliphatic rings. The number of aliphatic hydroxyl groups is 1. The average molecular weight is 327 g/mol. The highest BCUT2D eigenvalue weighted by atomic mass is 16.6. The molecule has 2 aliphatic carbocycles. The minimum absolute atomic E-state index is 0.374. The second-order valence-electron chi connectivity index (χ2n) is 8.51. The Kier molecular flexibility index (Phi) is 3.73. The van der Waals surface area contributed by atoms with Gasteiger partial charge in [0.15, 0.2) is 0 Å². The predicted molar refractivity (Wildman–Crippen MR) is 93.6 cm³/mol. The van der Waals surface area contributed by atoms with Crippen LogP contribution in [0.25, 0.3) is 0 Å². The third-order valence-corrected chi connectivity index (χ3v) is 7.24. The minimum Gasteiger partial charge on any atom is -0.385 e. The van der Waals surface area contributed by atoms with Crippen molar-refractivity contribution in [1.29, 1.82) is 0 Å². The lowest BCUT2D eigenvalue weighted by molar-refractivity contribution is -0.0591. The molecule has 2 unspecified atom stereocenters. The highest BCUT2D eigenvalue weighted by Crippen LogP contribution is 2.63. The molecular formula is C21H29NO2. The number of nitrogens with zero attached hydrogens (tertiary/aromatic N) is 1. The molecule has 1 aromatic carbocycles. The number of rotatable bonds is 5. The van der Waals surface area contributed by atoms with Gasteiger partial charge in [0.25, 0.3) is 0 Å². The summed E-state index contributed by atoms with van der Waals surface area (Å²) in [5.74, 6) is 1.65. The van der Waals surface area contributed by atoms with E-state index in [4.69, 9.17) is 4.74 Å². The van der Waals surface area contributed by atoms with Crippen LogP contribution in [0.1, 0.15) is 44.1 Å². The largest absolute Gasteiger partial charge is 0.385 e. The molecule has 1 aromatic rings. The van der Waals surface area contributed by atoms with Gasteiger partial charge in [-0.3, -0.25) is 0 Å². The van der Waals surface area contributed by atoms with Gasteiger partial charge >= 0.3 is 0 Å². The fourth-order valence-corrected chi connectivity index (χ4v) is 5.93. The van der Waals surface area contributed by atoms with Crippen LogP contribution >= 0.6 is 0 Å². The highest BCUT2D eigenvalue weighted by Gasteiger charge is 2.66. The summed E-state index contributed by atoms with van der Waals surface area (Å²) in [7, 11) is 0. The number of fused-ring (bicyclic) bond motifs is 5. The normalized spacial score (nSPS) is 40.3.